The normalized spacial score (nSPS) is 17.6. The van der Waals surface area contributed by atoms with Gasteiger partial charge in [-0.05, 0) is 36.5 Å². The molecule has 0 atom stereocenters. The molecule has 2 nitrogen and oxygen atoms in total. The van der Waals surface area contributed by atoms with Crippen molar-refractivity contribution in [2.24, 2.45) is 5.73 Å². The summed E-state index contributed by atoms with van der Waals surface area (Å²) in [6.45, 7) is 4.24. The van der Waals surface area contributed by atoms with E-state index in [0.29, 0.717) is 5.92 Å². The van der Waals surface area contributed by atoms with E-state index in [1.807, 2.05) is 12.1 Å². The minimum atomic E-state index is -0.204. The quantitative estimate of drug-likeness (QED) is 0.877. The fraction of sp³-hybridized carbons (Fsp3) is 0.538. The molecule has 0 heterocycles. The lowest BCUT2D eigenvalue weighted by Crippen LogP contribution is -2.20. The van der Waals surface area contributed by atoms with E-state index < -0.39 is 0 Å². The van der Waals surface area contributed by atoms with E-state index in [2.05, 4.69) is 13.8 Å². The topological polar surface area (TPSA) is 35.2 Å². The van der Waals surface area contributed by atoms with Crippen molar-refractivity contribution in [3.8, 4) is 5.75 Å². The summed E-state index contributed by atoms with van der Waals surface area (Å²) in [5.74, 6) is 1.26. The lowest BCUT2D eigenvalue weighted by molar-refractivity contribution is 0.403. The molecule has 0 aliphatic heterocycles. The standard InChI is InChI=1S/C13H18ClNO/c1-8(2)9-6-12(16-3)10(7-11(9)14)13(15)4-5-13/h6-8H,4-5,15H2,1-3H3. The summed E-state index contributed by atoms with van der Waals surface area (Å²) >= 11 is 6.28. The van der Waals surface area contributed by atoms with Crippen LogP contribution in [-0.2, 0) is 5.54 Å². The third-order valence-electron chi connectivity index (χ3n) is 3.27. The monoisotopic (exact) mass is 239 g/mol. The summed E-state index contributed by atoms with van der Waals surface area (Å²) in [5, 5.41) is 0.794. The predicted molar refractivity (Wildman–Crippen MR) is 67.2 cm³/mol. The third kappa shape index (κ3) is 1.92. The molecule has 0 saturated heterocycles. The molecule has 0 spiro atoms. The van der Waals surface area contributed by atoms with Gasteiger partial charge in [-0.15, -0.1) is 0 Å². The second-order valence-electron chi connectivity index (χ2n) is 4.88. The summed E-state index contributed by atoms with van der Waals surface area (Å²) in [5.41, 5.74) is 8.16. The number of ether oxygens (including phenoxy) is 1. The van der Waals surface area contributed by atoms with E-state index in [1.54, 1.807) is 7.11 Å². The highest BCUT2D eigenvalue weighted by Gasteiger charge is 2.42. The van der Waals surface area contributed by atoms with E-state index >= 15 is 0 Å². The molecule has 1 aliphatic carbocycles. The van der Waals surface area contributed by atoms with Crippen LogP contribution in [0.25, 0.3) is 0 Å². The number of halogens is 1. The van der Waals surface area contributed by atoms with Gasteiger partial charge in [0.2, 0.25) is 0 Å². The summed E-state index contributed by atoms with van der Waals surface area (Å²) in [4.78, 5) is 0. The first-order valence-electron chi connectivity index (χ1n) is 5.65. The Bertz CT molecular complexity index is 411. The first-order chi connectivity index (χ1) is 7.48. The molecule has 0 aromatic heterocycles. The molecule has 16 heavy (non-hydrogen) atoms. The Morgan fingerprint density at radius 3 is 2.44 bits per heavy atom. The van der Waals surface area contributed by atoms with E-state index in [-0.39, 0.29) is 5.54 Å². The van der Waals surface area contributed by atoms with Crippen LogP contribution < -0.4 is 10.5 Å². The van der Waals surface area contributed by atoms with Gasteiger partial charge in [0.05, 0.1) is 7.11 Å². The van der Waals surface area contributed by atoms with Crippen LogP contribution in [0.1, 0.15) is 43.7 Å². The first-order valence-corrected chi connectivity index (χ1v) is 6.02. The van der Waals surface area contributed by atoms with Crippen molar-refractivity contribution in [1.29, 1.82) is 0 Å². The highest BCUT2D eigenvalue weighted by molar-refractivity contribution is 6.31. The number of rotatable bonds is 3. The third-order valence-corrected chi connectivity index (χ3v) is 3.59. The van der Waals surface area contributed by atoms with Crippen molar-refractivity contribution in [3.63, 3.8) is 0 Å². The highest BCUT2D eigenvalue weighted by atomic mass is 35.5. The molecular weight excluding hydrogens is 222 g/mol. The number of nitrogens with two attached hydrogens (primary N) is 1. The van der Waals surface area contributed by atoms with Crippen LogP contribution in [-0.4, -0.2) is 7.11 Å². The highest BCUT2D eigenvalue weighted by Crippen LogP contribution is 2.48. The molecule has 2 rings (SSSR count). The summed E-state index contributed by atoms with van der Waals surface area (Å²) < 4.78 is 5.42. The van der Waals surface area contributed by atoms with Crippen LogP contribution >= 0.6 is 11.6 Å². The Kier molecular flexibility index (Phi) is 2.89. The van der Waals surface area contributed by atoms with Crippen molar-refractivity contribution in [1.82, 2.24) is 0 Å². The zero-order chi connectivity index (χ0) is 11.9. The maximum atomic E-state index is 6.28. The average molecular weight is 240 g/mol. The van der Waals surface area contributed by atoms with Crippen molar-refractivity contribution < 1.29 is 4.74 Å². The van der Waals surface area contributed by atoms with Gasteiger partial charge in [0.15, 0.2) is 0 Å². The molecule has 88 valence electrons. The summed E-state index contributed by atoms with van der Waals surface area (Å²) in [6.07, 6.45) is 2.03. The van der Waals surface area contributed by atoms with Crippen LogP contribution in [0.5, 0.6) is 5.75 Å². The van der Waals surface area contributed by atoms with Crippen LogP contribution in [0.3, 0.4) is 0 Å². The Hall–Kier alpha value is -0.730. The predicted octanol–water partition coefficient (Wildman–Crippen LogP) is 3.42. The fourth-order valence-electron chi connectivity index (χ4n) is 1.97. The van der Waals surface area contributed by atoms with Gasteiger partial charge in [-0.25, -0.2) is 0 Å². The van der Waals surface area contributed by atoms with Gasteiger partial charge >= 0.3 is 0 Å². The number of hydrogen-bond acceptors (Lipinski definition) is 2. The molecule has 3 heteroatoms. The molecule has 1 fully saturated rings. The van der Waals surface area contributed by atoms with Crippen LogP contribution in [0.4, 0.5) is 0 Å². The van der Waals surface area contributed by atoms with Crippen LogP contribution in [0, 0.1) is 0 Å². The second kappa shape index (κ2) is 3.94. The Morgan fingerprint density at radius 1 is 1.38 bits per heavy atom. The first kappa shape index (κ1) is 11.7. The lowest BCUT2D eigenvalue weighted by Gasteiger charge is -2.18. The van der Waals surface area contributed by atoms with E-state index in [1.165, 1.54) is 0 Å². The molecule has 2 N–H and O–H groups in total. The van der Waals surface area contributed by atoms with E-state index in [9.17, 15) is 0 Å². The van der Waals surface area contributed by atoms with Crippen molar-refractivity contribution in [2.45, 2.75) is 38.1 Å². The van der Waals surface area contributed by atoms with Gasteiger partial charge < -0.3 is 10.5 Å². The number of methoxy groups -OCH3 is 1. The average Bonchev–Trinajstić information content (AvgIpc) is 2.97. The van der Waals surface area contributed by atoms with Gasteiger partial charge in [-0.3, -0.25) is 0 Å². The molecule has 1 aliphatic rings. The smallest absolute Gasteiger partial charge is 0.124 e. The van der Waals surface area contributed by atoms with Crippen molar-refractivity contribution in [3.05, 3.63) is 28.3 Å². The van der Waals surface area contributed by atoms with Crippen LogP contribution in [0.2, 0.25) is 5.02 Å². The molecule has 0 radical (unpaired) electrons. The zero-order valence-electron chi connectivity index (χ0n) is 10.0. The minimum absolute atomic E-state index is 0.204. The molecule has 1 aromatic carbocycles. The lowest BCUT2D eigenvalue weighted by atomic mass is 9.97. The Morgan fingerprint density at radius 2 is 2.00 bits per heavy atom. The van der Waals surface area contributed by atoms with Gasteiger partial charge in [0, 0.05) is 16.1 Å². The SMILES string of the molecule is COc1cc(C(C)C)c(Cl)cc1C1(N)CC1. The molecule has 1 saturated carbocycles. The second-order valence-corrected chi connectivity index (χ2v) is 5.29. The van der Waals surface area contributed by atoms with Gasteiger partial charge in [-0.2, -0.15) is 0 Å². The van der Waals surface area contributed by atoms with E-state index in [0.717, 1.165) is 34.7 Å². The van der Waals surface area contributed by atoms with Crippen molar-refractivity contribution in [2.75, 3.05) is 7.11 Å². The fourth-order valence-corrected chi connectivity index (χ4v) is 2.36. The van der Waals surface area contributed by atoms with Crippen molar-refractivity contribution >= 4 is 11.6 Å². The minimum Gasteiger partial charge on any atom is -0.496 e. The van der Waals surface area contributed by atoms with Gasteiger partial charge in [0.1, 0.15) is 5.75 Å². The Labute approximate surface area is 102 Å². The van der Waals surface area contributed by atoms with Crippen LogP contribution in [0.15, 0.2) is 12.1 Å². The molecule has 1 aromatic rings. The van der Waals surface area contributed by atoms with Gasteiger partial charge in [0.25, 0.3) is 0 Å². The zero-order valence-corrected chi connectivity index (χ0v) is 10.8. The maximum absolute atomic E-state index is 6.28. The largest absolute Gasteiger partial charge is 0.496 e. The molecule has 0 bridgehead atoms. The molecule has 0 unspecified atom stereocenters. The summed E-state index contributed by atoms with van der Waals surface area (Å²) in [7, 11) is 1.68. The Balaban J connectivity index is 2.51. The van der Waals surface area contributed by atoms with Gasteiger partial charge in [-0.1, -0.05) is 25.4 Å². The maximum Gasteiger partial charge on any atom is 0.124 e. The number of benzene rings is 1. The molecule has 0 amide bonds. The molecular formula is C13H18ClNO. The number of hydrogen-bond donors (Lipinski definition) is 1. The summed E-state index contributed by atoms with van der Waals surface area (Å²) in [6, 6.07) is 4.00. The van der Waals surface area contributed by atoms with E-state index in [4.69, 9.17) is 22.1 Å².